The topological polar surface area (TPSA) is 50.7 Å². The minimum Gasteiger partial charge on any atom is -0.370 e. The molecule has 0 spiro atoms. The van der Waals surface area contributed by atoms with E-state index in [-0.39, 0.29) is 0 Å². The van der Waals surface area contributed by atoms with Crippen LogP contribution < -0.4 is 5.32 Å². The Morgan fingerprint density at radius 1 is 1.25 bits per heavy atom. The number of hydrogen-bond acceptors (Lipinski definition) is 5. The highest BCUT2D eigenvalue weighted by Gasteiger charge is 1.99. The Balaban J connectivity index is 2.12. The number of hydrogen-bond donors (Lipinski definition) is 1. The van der Waals surface area contributed by atoms with Crippen molar-refractivity contribution in [3.05, 3.63) is 36.9 Å². The van der Waals surface area contributed by atoms with Crippen LogP contribution in [0.5, 0.6) is 0 Å². The molecule has 16 heavy (non-hydrogen) atoms. The molecule has 0 bridgehead atoms. The van der Waals surface area contributed by atoms with Crippen molar-refractivity contribution in [2.24, 2.45) is 0 Å². The number of nitrogens with zero attached hydrogens (tertiary/aromatic N) is 3. The molecule has 2 aromatic rings. The Hall–Kier alpha value is -1.62. The van der Waals surface area contributed by atoms with E-state index >= 15 is 0 Å². The maximum absolute atomic E-state index is 4.21. The zero-order chi connectivity index (χ0) is 11.2. The zero-order valence-corrected chi connectivity index (χ0v) is 9.74. The van der Waals surface area contributed by atoms with Crippen LogP contribution in [0.4, 0.5) is 5.82 Å². The number of nitrogens with one attached hydrogen (secondary N) is 1. The summed E-state index contributed by atoms with van der Waals surface area (Å²) in [4.78, 5) is 13.4. The summed E-state index contributed by atoms with van der Waals surface area (Å²) in [6, 6.07) is 5.86. The van der Waals surface area contributed by atoms with Gasteiger partial charge in [0.2, 0.25) is 0 Å². The maximum Gasteiger partial charge on any atom is 0.126 e. The van der Waals surface area contributed by atoms with Crippen molar-refractivity contribution in [3.63, 3.8) is 0 Å². The van der Waals surface area contributed by atoms with Crippen molar-refractivity contribution in [1.29, 1.82) is 0 Å². The predicted octanol–water partition coefficient (Wildman–Crippen LogP) is 2.45. The highest BCUT2D eigenvalue weighted by Crippen LogP contribution is 2.26. The first-order valence-electron chi connectivity index (χ1n) is 5.02. The molecule has 0 aliphatic rings. The van der Waals surface area contributed by atoms with Crippen LogP contribution in [0.2, 0.25) is 0 Å². The van der Waals surface area contributed by atoms with Crippen molar-refractivity contribution in [2.45, 2.75) is 16.8 Å². The minimum atomic E-state index is 0.870. The van der Waals surface area contributed by atoms with E-state index < -0.39 is 0 Å². The second kappa shape index (κ2) is 5.46. The monoisotopic (exact) mass is 232 g/mol. The molecule has 0 amide bonds. The van der Waals surface area contributed by atoms with Gasteiger partial charge in [0.05, 0.1) is 0 Å². The summed E-state index contributed by atoms with van der Waals surface area (Å²) in [6.45, 7) is 2.92. The summed E-state index contributed by atoms with van der Waals surface area (Å²) in [5.74, 6) is 0.890. The molecule has 0 aliphatic carbocycles. The van der Waals surface area contributed by atoms with Gasteiger partial charge in [-0.3, -0.25) is 0 Å². The van der Waals surface area contributed by atoms with Crippen molar-refractivity contribution >= 4 is 17.6 Å². The molecule has 2 aromatic heterocycles. The largest absolute Gasteiger partial charge is 0.370 e. The minimum absolute atomic E-state index is 0.870. The zero-order valence-electron chi connectivity index (χ0n) is 8.92. The van der Waals surface area contributed by atoms with Gasteiger partial charge in [-0.2, -0.15) is 0 Å². The fourth-order valence-corrected chi connectivity index (χ4v) is 1.98. The fraction of sp³-hybridized carbons (Fsp3) is 0.182. The van der Waals surface area contributed by atoms with Gasteiger partial charge in [-0.05, 0) is 25.1 Å². The van der Waals surface area contributed by atoms with E-state index in [9.17, 15) is 0 Å². The smallest absolute Gasteiger partial charge is 0.126 e. The molecule has 5 heteroatoms. The van der Waals surface area contributed by atoms with Gasteiger partial charge in [0.15, 0.2) is 0 Å². The third kappa shape index (κ3) is 2.93. The predicted molar refractivity (Wildman–Crippen MR) is 64.6 cm³/mol. The van der Waals surface area contributed by atoms with Crippen molar-refractivity contribution in [3.8, 4) is 0 Å². The first kappa shape index (κ1) is 10.9. The molecule has 1 N–H and O–H groups in total. The Bertz CT molecular complexity index is 447. The average molecular weight is 232 g/mol. The van der Waals surface area contributed by atoms with Crippen molar-refractivity contribution < 1.29 is 0 Å². The van der Waals surface area contributed by atoms with E-state index in [1.165, 1.54) is 0 Å². The Kier molecular flexibility index (Phi) is 3.71. The molecule has 82 valence electrons. The molecular weight excluding hydrogens is 220 g/mol. The third-order valence-corrected chi connectivity index (χ3v) is 2.81. The van der Waals surface area contributed by atoms with Crippen LogP contribution >= 0.6 is 11.8 Å². The number of anilines is 1. The van der Waals surface area contributed by atoms with Gasteiger partial charge >= 0.3 is 0 Å². The molecule has 2 heterocycles. The summed E-state index contributed by atoms with van der Waals surface area (Å²) in [6.07, 6.45) is 5.08. The molecule has 0 radical (unpaired) electrons. The lowest BCUT2D eigenvalue weighted by molar-refractivity contribution is 1.05. The highest BCUT2D eigenvalue weighted by atomic mass is 32.2. The van der Waals surface area contributed by atoms with Gasteiger partial charge in [-0.25, -0.2) is 15.0 Å². The Labute approximate surface area is 98.6 Å². The van der Waals surface area contributed by atoms with E-state index in [0.717, 1.165) is 22.3 Å². The molecule has 4 nitrogen and oxygen atoms in total. The van der Waals surface area contributed by atoms with E-state index in [1.807, 2.05) is 25.1 Å². The Morgan fingerprint density at radius 3 is 2.94 bits per heavy atom. The van der Waals surface area contributed by atoms with Crippen LogP contribution in [0.1, 0.15) is 6.92 Å². The van der Waals surface area contributed by atoms with E-state index in [0.29, 0.717) is 0 Å². The highest BCUT2D eigenvalue weighted by molar-refractivity contribution is 7.99. The molecular formula is C11H12N4S. The van der Waals surface area contributed by atoms with Crippen LogP contribution in [0.25, 0.3) is 0 Å². The second-order valence-corrected chi connectivity index (χ2v) is 4.15. The lowest BCUT2D eigenvalue weighted by Crippen LogP contribution is -1.98. The SMILES string of the molecule is CCNc1cc(Sc2ccncn2)ccn1. The molecule has 0 atom stereocenters. The molecule has 0 aromatic carbocycles. The van der Waals surface area contributed by atoms with Crippen molar-refractivity contribution in [1.82, 2.24) is 15.0 Å². The summed E-state index contributed by atoms with van der Waals surface area (Å²) in [7, 11) is 0. The van der Waals surface area contributed by atoms with Gasteiger partial charge in [0.25, 0.3) is 0 Å². The van der Waals surface area contributed by atoms with Crippen LogP contribution in [-0.4, -0.2) is 21.5 Å². The molecule has 0 saturated carbocycles. The second-order valence-electron chi connectivity index (χ2n) is 3.06. The fourth-order valence-electron chi connectivity index (χ4n) is 1.21. The van der Waals surface area contributed by atoms with Gasteiger partial charge in [-0.1, -0.05) is 11.8 Å². The van der Waals surface area contributed by atoms with E-state index in [4.69, 9.17) is 0 Å². The van der Waals surface area contributed by atoms with Crippen LogP contribution in [0, 0.1) is 0 Å². The molecule has 2 rings (SSSR count). The third-order valence-electron chi connectivity index (χ3n) is 1.87. The van der Waals surface area contributed by atoms with E-state index in [2.05, 4.69) is 20.3 Å². The standard InChI is InChI=1S/C11H12N4S/c1-2-13-10-7-9(3-6-14-10)16-11-4-5-12-8-15-11/h3-8H,2H2,1H3,(H,13,14). The summed E-state index contributed by atoms with van der Waals surface area (Å²) in [5, 5.41) is 4.11. The van der Waals surface area contributed by atoms with Gasteiger partial charge in [0, 0.05) is 23.8 Å². The number of aromatic nitrogens is 3. The normalized spacial score (nSPS) is 10.1. The van der Waals surface area contributed by atoms with Gasteiger partial charge in [-0.15, -0.1) is 0 Å². The van der Waals surface area contributed by atoms with Crippen molar-refractivity contribution in [2.75, 3.05) is 11.9 Å². The molecule has 0 saturated heterocycles. The summed E-state index contributed by atoms with van der Waals surface area (Å²) < 4.78 is 0. The van der Waals surface area contributed by atoms with Gasteiger partial charge < -0.3 is 5.32 Å². The lowest BCUT2D eigenvalue weighted by Gasteiger charge is -2.04. The van der Waals surface area contributed by atoms with E-state index in [1.54, 1.807) is 30.5 Å². The maximum atomic E-state index is 4.21. The quantitative estimate of drug-likeness (QED) is 0.821. The first-order valence-corrected chi connectivity index (χ1v) is 5.84. The molecule has 0 aliphatic heterocycles. The first-order chi connectivity index (χ1) is 7.88. The van der Waals surface area contributed by atoms with Gasteiger partial charge in [0.1, 0.15) is 17.2 Å². The summed E-state index contributed by atoms with van der Waals surface area (Å²) >= 11 is 1.60. The average Bonchev–Trinajstić information content (AvgIpc) is 2.31. The summed E-state index contributed by atoms with van der Waals surface area (Å²) in [5.41, 5.74) is 0. The Morgan fingerprint density at radius 2 is 2.19 bits per heavy atom. The number of pyridine rings is 1. The molecule has 0 unspecified atom stereocenters. The van der Waals surface area contributed by atoms with Crippen LogP contribution in [-0.2, 0) is 0 Å². The molecule has 0 fully saturated rings. The van der Waals surface area contributed by atoms with Crippen LogP contribution in [0.3, 0.4) is 0 Å². The number of rotatable bonds is 4. The van der Waals surface area contributed by atoms with Crippen LogP contribution in [0.15, 0.2) is 46.8 Å². The lowest BCUT2D eigenvalue weighted by atomic mass is 10.4.